The number of aliphatic hydroxyl groups is 1. The maximum atomic E-state index is 11.8. The quantitative estimate of drug-likeness (QED) is 0.871. The molecule has 0 spiro atoms. The first-order chi connectivity index (χ1) is 6.92. The molecule has 0 aromatic heterocycles. The normalized spacial score (nSPS) is 12.8. The van der Waals surface area contributed by atoms with Gasteiger partial charge in [0, 0.05) is 6.54 Å². The third kappa shape index (κ3) is 4.69. The zero-order valence-electron chi connectivity index (χ0n) is 8.07. The number of aliphatic hydroxyl groups excluding tert-OH is 1. The average Bonchev–Trinajstić information content (AvgIpc) is 2.15. The largest absolute Gasteiger partial charge is 0.573 e. The van der Waals surface area contributed by atoms with Gasteiger partial charge in [0.2, 0.25) is 0 Å². The fourth-order valence-corrected chi connectivity index (χ4v) is 1.03. The average molecular weight is 258 g/mol. The second kappa shape index (κ2) is 5.93. The molecule has 1 unspecified atom stereocenters. The Morgan fingerprint density at radius 3 is 2.12 bits per heavy atom. The summed E-state index contributed by atoms with van der Waals surface area (Å²) in [7, 11) is 0. The van der Waals surface area contributed by atoms with Gasteiger partial charge in [0.15, 0.2) is 0 Å². The Morgan fingerprint density at radius 2 is 1.75 bits per heavy atom. The minimum Gasteiger partial charge on any atom is -0.406 e. The minimum atomic E-state index is -4.70. The number of benzene rings is 1. The van der Waals surface area contributed by atoms with Gasteiger partial charge in [-0.25, -0.2) is 0 Å². The Labute approximate surface area is 96.4 Å². The molecule has 16 heavy (non-hydrogen) atoms. The summed E-state index contributed by atoms with van der Waals surface area (Å²) < 4.78 is 39.0. The lowest BCUT2D eigenvalue weighted by molar-refractivity contribution is -0.274. The van der Waals surface area contributed by atoms with Gasteiger partial charge in [0.25, 0.3) is 0 Å². The molecule has 0 saturated carbocycles. The first-order valence-electron chi connectivity index (χ1n) is 4.16. The molecular weight excluding hydrogens is 247 g/mol. The number of rotatable bonds is 3. The van der Waals surface area contributed by atoms with Gasteiger partial charge < -0.3 is 15.6 Å². The monoisotopic (exact) mass is 257 g/mol. The first-order valence-corrected chi connectivity index (χ1v) is 4.16. The van der Waals surface area contributed by atoms with Gasteiger partial charge in [-0.05, 0) is 17.7 Å². The molecule has 0 heterocycles. The zero-order chi connectivity index (χ0) is 11.5. The van der Waals surface area contributed by atoms with Crippen LogP contribution in [0.3, 0.4) is 0 Å². The van der Waals surface area contributed by atoms with Crippen LogP contribution in [0.25, 0.3) is 0 Å². The van der Waals surface area contributed by atoms with Gasteiger partial charge in [-0.2, -0.15) is 0 Å². The summed E-state index contributed by atoms with van der Waals surface area (Å²) in [6.07, 6.45) is -5.57. The maximum absolute atomic E-state index is 11.8. The SMILES string of the molecule is Cl.NCC(O)c1ccc(OC(F)(F)F)cc1. The summed E-state index contributed by atoms with van der Waals surface area (Å²) in [5, 5.41) is 9.26. The van der Waals surface area contributed by atoms with E-state index in [-0.39, 0.29) is 24.7 Å². The van der Waals surface area contributed by atoms with Gasteiger partial charge in [0.05, 0.1) is 6.10 Å². The molecule has 0 aliphatic rings. The molecule has 7 heteroatoms. The fourth-order valence-electron chi connectivity index (χ4n) is 1.03. The van der Waals surface area contributed by atoms with E-state index in [1.54, 1.807) is 0 Å². The van der Waals surface area contributed by atoms with Crippen molar-refractivity contribution in [1.82, 2.24) is 0 Å². The molecule has 0 saturated heterocycles. The highest BCUT2D eigenvalue weighted by Crippen LogP contribution is 2.24. The summed E-state index contributed by atoms with van der Waals surface area (Å²) in [6.45, 7) is 0.0134. The topological polar surface area (TPSA) is 55.5 Å². The van der Waals surface area contributed by atoms with Crippen LogP contribution in [-0.2, 0) is 0 Å². The molecule has 0 amide bonds. The number of nitrogens with two attached hydrogens (primary N) is 1. The summed E-state index contributed by atoms with van der Waals surface area (Å²) >= 11 is 0. The summed E-state index contributed by atoms with van der Waals surface area (Å²) in [4.78, 5) is 0. The lowest BCUT2D eigenvalue weighted by atomic mass is 10.1. The Bertz CT molecular complexity index is 316. The molecule has 0 radical (unpaired) electrons. The van der Waals surface area contributed by atoms with E-state index in [0.717, 1.165) is 12.1 Å². The van der Waals surface area contributed by atoms with E-state index in [2.05, 4.69) is 4.74 Å². The van der Waals surface area contributed by atoms with E-state index in [0.29, 0.717) is 5.56 Å². The number of hydrogen-bond acceptors (Lipinski definition) is 3. The van der Waals surface area contributed by atoms with Crippen molar-refractivity contribution in [2.45, 2.75) is 12.5 Å². The highest BCUT2D eigenvalue weighted by molar-refractivity contribution is 5.85. The van der Waals surface area contributed by atoms with Crippen LogP contribution in [0.1, 0.15) is 11.7 Å². The Morgan fingerprint density at radius 1 is 1.25 bits per heavy atom. The molecular formula is C9H11ClF3NO2. The molecule has 0 bridgehead atoms. The molecule has 0 aliphatic carbocycles. The van der Waals surface area contributed by atoms with Crippen molar-refractivity contribution in [2.75, 3.05) is 6.54 Å². The predicted molar refractivity (Wildman–Crippen MR) is 54.4 cm³/mol. The summed E-state index contributed by atoms with van der Waals surface area (Å²) in [5.74, 6) is -0.324. The third-order valence-electron chi connectivity index (χ3n) is 1.72. The van der Waals surface area contributed by atoms with Gasteiger partial charge in [-0.1, -0.05) is 12.1 Å². The van der Waals surface area contributed by atoms with Gasteiger partial charge in [0.1, 0.15) is 5.75 Å². The van der Waals surface area contributed by atoms with Gasteiger partial charge in [-0.15, -0.1) is 25.6 Å². The standard InChI is InChI=1S/C9H10F3NO2.ClH/c10-9(11,12)15-7-3-1-6(2-4-7)8(14)5-13;/h1-4,8,14H,5,13H2;1H. The molecule has 3 N–H and O–H groups in total. The van der Waals surface area contributed by atoms with E-state index in [1.807, 2.05) is 0 Å². The third-order valence-corrected chi connectivity index (χ3v) is 1.72. The smallest absolute Gasteiger partial charge is 0.406 e. The summed E-state index contributed by atoms with van der Waals surface area (Å²) in [5.41, 5.74) is 5.63. The van der Waals surface area contributed by atoms with Crippen molar-refractivity contribution >= 4 is 12.4 Å². The van der Waals surface area contributed by atoms with Crippen LogP contribution in [0.4, 0.5) is 13.2 Å². The van der Waals surface area contributed by atoms with E-state index in [4.69, 9.17) is 5.73 Å². The lowest BCUT2D eigenvalue weighted by Crippen LogP contribution is -2.17. The summed E-state index contributed by atoms with van der Waals surface area (Å²) in [6, 6.07) is 4.92. The number of alkyl halides is 3. The molecule has 3 nitrogen and oxygen atoms in total. The highest BCUT2D eigenvalue weighted by Gasteiger charge is 2.30. The van der Waals surface area contributed by atoms with E-state index >= 15 is 0 Å². The van der Waals surface area contributed by atoms with Crippen LogP contribution < -0.4 is 10.5 Å². The van der Waals surface area contributed by atoms with Crippen molar-refractivity contribution in [3.05, 3.63) is 29.8 Å². The van der Waals surface area contributed by atoms with Crippen LogP contribution in [0.5, 0.6) is 5.75 Å². The maximum Gasteiger partial charge on any atom is 0.573 e. The van der Waals surface area contributed by atoms with Crippen LogP contribution >= 0.6 is 12.4 Å². The Balaban J connectivity index is 0.00000225. The second-order valence-electron chi connectivity index (χ2n) is 2.87. The van der Waals surface area contributed by atoms with Crippen molar-refractivity contribution < 1.29 is 23.0 Å². The van der Waals surface area contributed by atoms with E-state index in [1.165, 1.54) is 12.1 Å². The van der Waals surface area contributed by atoms with E-state index < -0.39 is 12.5 Å². The highest BCUT2D eigenvalue weighted by atomic mass is 35.5. The van der Waals surface area contributed by atoms with Crippen molar-refractivity contribution in [3.8, 4) is 5.75 Å². The van der Waals surface area contributed by atoms with Gasteiger partial charge >= 0.3 is 6.36 Å². The lowest BCUT2D eigenvalue weighted by Gasteiger charge is -2.11. The van der Waals surface area contributed by atoms with Crippen LogP contribution in [0.15, 0.2) is 24.3 Å². The second-order valence-corrected chi connectivity index (χ2v) is 2.87. The van der Waals surface area contributed by atoms with Crippen LogP contribution in [0.2, 0.25) is 0 Å². The minimum absolute atomic E-state index is 0. The molecule has 1 aromatic rings. The molecule has 92 valence electrons. The van der Waals surface area contributed by atoms with Crippen LogP contribution in [-0.4, -0.2) is 18.0 Å². The molecule has 1 aromatic carbocycles. The predicted octanol–water partition coefficient (Wildman–Crippen LogP) is 2.00. The number of ether oxygens (including phenoxy) is 1. The van der Waals surface area contributed by atoms with Crippen LogP contribution in [0, 0.1) is 0 Å². The number of halogens is 4. The Kier molecular flexibility index (Phi) is 5.57. The first kappa shape index (κ1) is 15.0. The molecule has 1 atom stereocenters. The Hall–Kier alpha value is -0.980. The van der Waals surface area contributed by atoms with Crippen molar-refractivity contribution in [3.63, 3.8) is 0 Å². The zero-order valence-corrected chi connectivity index (χ0v) is 8.89. The van der Waals surface area contributed by atoms with E-state index in [9.17, 15) is 18.3 Å². The molecule has 0 fully saturated rings. The fraction of sp³-hybridized carbons (Fsp3) is 0.333. The van der Waals surface area contributed by atoms with Crippen molar-refractivity contribution in [1.29, 1.82) is 0 Å². The molecule has 0 aliphatic heterocycles. The number of hydrogen-bond donors (Lipinski definition) is 2. The molecule has 1 rings (SSSR count). The van der Waals surface area contributed by atoms with Crippen molar-refractivity contribution in [2.24, 2.45) is 5.73 Å². The van der Waals surface area contributed by atoms with Gasteiger partial charge in [-0.3, -0.25) is 0 Å².